The van der Waals surface area contributed by atoms with Crippen LogP contribution in [0.25, 0.3) is 0 Å². The molecule has 0 atom stereocenters. The second-order valence-electron chi connectivity index (χ2n) is 7.18. The van der Waals surface area contributed by atoms with Gasteiger partial charge in [-0.3, -0.25) is 0 Å². The number of benzene rings is 1. The minimum Gasteiger partial charge on any atom is -0.399 e. The predicted molar refractivity (Wildman–Crippen MR) is 92.6 cm³/mol. The van der Waals surface area contributed by atoms with Gasteiger partial charge in [-0.25, -0.2) is 0 Å². The Kier molecular flexibility index (Phi) is 6.10. The first-order valence-electron chi connectivity index (χ1n) is 8.69. The lowest BCUT2D eigenvalue weighted by molar-refractivity contribution is 0.503. The zero-order valence-corrected chi connectivity index (χ0v) is 13.8. The number of unbranched alkanes of at least 4 members (excludes halogenated alkanes) is 3. The Balaban J connectivity index is 1.57. The lowest BCUT2D eigenvalue weighted by Gasteiger charge is -2.17. The lowest BCUT2D eigenvalue weighted by Crippen LogP contribution is -2.27. The Morgan fingerprint density at radius 3 is 2.33 bits per heavy atom. The van der Waals surface area contributed by atoms with E-state index in [1.54, 1.807) is 0 Å². The number of rotatable bonds is 10. The first kappa shape index (κ1) is 16.4. The molecular formula is C19H32N2. The molecule has 0 amide bonds. The van der Waals surface area contributed by atoms with Crippen LogP contribution in [0.5, 0.6) is 0 Å². The Morgan fingerprint density at radius 2 is 1.71 bits per heavy atom. The minimum atomic E-state index is 0.408. The number of hydrogen-bond donors (Lipinski definition) is 2. The van der Waals surface area contributed by atoms with Gasteiger partial charge in [-0.1, -0.05) is 51.7 Å². The van der Waals surface area contributed by atoms with Gasteiger partial charge in [-0.15, -0.1) is 0 Å². The Labute approximate surface area is 130 Å². The van der Waals surface area contributed by atoms with Crippen LogP contribution in [0.1, 0.15) is 64.4 Å². The van der Waals surface area contributed by atoms with Gasteiger partial charge in [-0.2, -0.15) is 0 Å². The minimum absolute atomic E-state index is 0.408. The van der Waals surface area contributed by atoms with Crippen LogP contribution in [-0.2, 0) is 5.41 Å². The SMILES string of the molecule is CC(C)CCCCCCNCC1(c2ccc(N)cc2)CC1. The van der Waals surface area contributed by atoms with Crippen LogP contribution in [-0.4, -0.2) is 13.1 Å². The third-order valence-electron chi connectivity index (χ3n) is 4.73. The van der Waals surface area contributed by atoms with Crippen molar-refractivity contribution in [1.82, 2.24) is 5.32 Å². The van der Waals surface area contributed by atoms with Crippen LogP contribution in [0, 0.1) is 5.92 Å². The van der Waals surface area contributed by atoms with Gasteiger partial charge in [0.05, 0.1) is 0 Å². The highest BCUT2D eigenvalue weighted by Gasteiger charge is 2.43. The fourth-order valence-electron chi connectivity index (χ4n) is 3.04. The molecule has 0 radical (unpaired) electrons. The highest BCUT2D eigenvalue weighted by molar-refractivity contribution is 5.43. The first-order chi connectivity index (χ1) is 10.1. The Hall–Kier alpha value is -1.02. The molecule has 21 heavy (non-hydrogen) atoms. The van der Waals surface area contributed by atoms with Gasteiger partial charge in [0, 0.05) is 17.6 Å². The molecule has 118 valence electrons. The van der Waals surface area contributed by atoms with Gasteiger partial charge in [-0.05, 0) is 49.4 Å². The summed E-state index contributed by atoms with van der Waals surface area (Å²) in [6.07, 6.45) is 9.49. The van der Waals surface area contributed by atoms with Crippen molar-refractivity contribution in [1.29, 1.82) is 0 Å². The molecule has 0 unspecified atom stereocenters. The van der Waals surface area contributed by atoms with Crippen LogP contribution >= 0.6 is 0 Å². The van der Waals surface area contributed by atoms with Gasteiger partial charge >= 0.3 is 0 Å². The van der Waals surface area contributed by atoms with Crippen molar-refractivity contribution in [2.75, 3.05) is 18.8 Å². The van der Waals surface area contributed by atoms with Gasteiger partial charge in [0.25, 0.3) is 0 Å². The summed E-state index contributed by atoms with van der Waals surface area (Å²) in [5.74, 6) is 0.859. The fraction of sp³-hybridized carbons (Fsp3) is 0.684. The molecule has 2 rings (SSSR count). The van der Waals surface area contributed by atoms with Crippen LogP contribution in [0.15, 0.2) is 24.3 Å². The summed E-state index contributed by atoms with van der Waals surface area (Å²) in [4.78, 5) is 0. The predicted octanol–water partition coefficient (Wildman–Crippen LogP) is 4.50. The van der Waals surface area contributed by atoms with E-state index in [-0.39, 0.29) is 0 Å². The van der Waals surface area contributed by atoms with Crippen LogP contribution in [0.3, 0.4) is 0 Å². The summed E-state index contributed by atoms with van der Waals surface area (Å²) in [7, 11) is 0. The van der Waals surface area contributed by atoms with Gasteiger partial charge in [0.2, 0.25) is 0 Å². The standard InChI is InChI=1S/C19H32N2/c1-16(2)7-5-3-4-6-14-21-15-19(12-13-19)17-8-10-18(20)11-9-17/h8-11,16,21H,3-7,12-15,20H2,1-2H3. The number of nitrogens with two attached hydrogens (primary N) is 1. The van der Waals surface area contributed by atoms with Gasteiger partial charge in [0.15, 0.2) is 0 Å². The van der Waals surface area contributed by atoms with Gasteiger partial charge < -0.3 is 11.1 Å². The third-order valence-corrected chi connectivity index (χ3v) is 4.73. The number of nitrogen functional groups attached to an aromatic ring is 1. The van der Waals surface area contributed by atoms with Crippen molar-refractivity contribution in [3.8, 4) is 0 Å². The maximum Gasteiger partial charge on any atom is 0.0314 e. The topological polar surface area (TPSA) is 38.0 Å². The van der Waals surface area contributed by atoms with Gasteiger partial charge in [0.1, 0.15) is 0 Å². The van der Waals surface area contributed by atoms with E-state index in [0.717, 1.165) is 18.2 Å². The molecule has 2 heteroatoms. The molecule has 1 fully saturated rings. The summed E-state index contributed by atoms with van der Waals surface area (Å²) in [6, 6.07) is 8.47. The number of nitrogens with one attached hydrogen (secondary N) is 1. The highest BCUT2D eigenvalue weighted by Crippen LogP contribution is 2.47. The van der Waals surface area contributed by atoms with Crippen LogP contribution < -0.4 is 11.1 Å². The molecule has 1 aromatic carbocycles. The second kappa shape index (κ2) is 7.84. The Morgan fingerprint density at radius 1 is 1.05 bits per heavy atom. The maximum atomic E-state index is 5.77. The largest absolute Gasteiger partial charge is 0.399 e. The smallest absolute Gasteiger partial charge is 0.0314 e. The van der Waals surface area contributed by atoms with E-state index in [1.165, 1.54) is 57.1 Å². The molecule has 0 bridgehead atoms. The number of anilines is 1. The first-order valence-corrected chi connectivity index (χ1v) is 8.69. The molecule has 0 heterocycles. The molecule has 0 aliphatic heterocycles. The van der Waals surface area contributed by atoms with E-state index in [4.69, 9.17) is 5.73 Å². The third kappa shape index (κ3) is 5.35. The summed E-state index contributed by atoms with van der Waals surface area (Å²) in [6.45, 7) is 6.92. The van der Waals surface area contributed by atoms with Crippen LogP contribution in [0.2, 0.25) is 0 Å². The molecule has 2 nitrogen and oxygen atoms in total. The van der Waals surface area contributed by atoms with Crippen LogP contribution in [0.4, 0.5) is 5.69 Å². The zero-order valence-electron chi connectivity index (χ0n) is 13.8. The van der Waals surface area contributed by atoms with Crippen molar-refractivity contribution in [2.45, 2.75) is 64.2 Å². The van der Waals surface area contributed by atoms with Crippen molar-refractivity contribution >= 4 is 5.69 Å². The molecule has 1 aliphatic carbocycles. The lowest BCUT2D eigenvalue weighted by atomic mass is 9.95. The van der Waals surface area contributed by atoms with Crippen molar-refractivity contribution in [3.05, 3.63) is 29.8 Å². The molecule has 1 aliphatic rings. The fourth-order valence-corrected chi connectivity index (χ4v) is 3.04. The summed E-state index contributed by atoms with van der Waals surface area (Å²) in [5, 5.41) is 3.67. The molecule has 3 N–H and O–H groups in total. The molecule has 1 aromatic rings. The van der Waals surface area contributed by atoms with E-state index < -0.39 is 0 Å². The Bertz CT molecular complexity index is 404. The van der Waals surface area contributed by atoms with E-state index in [2.05, 4.69) is 31.3 Å². The molecular weight excluding hydrogens is 256 g/mol. The van der Waals surface area contributed by atoms with Crippen molar-refractivity contribution in [3.63, 3.8) is 0 Å². The summed E-state index contributed by atoms with van der Waals surface area (Å²) < 4.78 is 0. The normalized spacial score (nSPS) is 16.3. The quantitative estimate of drug-likeness (QED) is 0.491. The molecule has 0 spiro atoms. The number of hydrogen-bond acceptors (Lipinski definition) is 2. The van der Waals surface area contributed by atoms with E-state index in [9.17, 15) is 0 Å². The average Bonchev–Trinajstić information content (AvgIpc) is 3.23. The second-order valence-corrected chi connectivity index (χ2v) is 7.18. The monoisotopic (exact) mass is 288 g/mol. The molecule has 0 saturated heterocycles. The molecule has 1 saturated carbocycles. The zero-order chi connectivity index (χ0) is 15.1. The van der Waals surface area contributed by atoms with Crippen molar-refractivity contribution in [2.24, 2.45) is 5.92 Å². The van der Waals surface area contributed by atoms with E-state index in [0.29, 0.717) is 5.41 Å². The summed E-state index contributed by atoms with van der Waals surface area (Å²) >= 11 is 0. The summed E-state index contributed by atoms with van der Waals surface area (Å²) in [5.41, 5.74) is 8.51. The van der Waals surface area contributed by atoms with E-state index >= 15 is 0 Å². The van der Waals surface area contributed by atoms with E-state index in [1.807, 2.05) is 12.1 Å². The van der Waals surface area contributed by atoms with Crippen molar-refractivity contribution < 1.29 is 0 Å². The average molecular weight is 288 g/mol. The maximum absolute atomic E-state index is 5.77. The molecule has 0 aromatic heterocycles. The highest BCUT2D eigenvalue weighted by atomic mass is 14.9.